The number of primary amides is 1. The molecule has 0 spiro atoms. The van der Waals surface area contributed by atoms with Crippen LogP contribution in [0.1, 0.15) is 16.1 Å². The summed E-state index contributed by atoms with van der Waals surface area (Å²) in [4.78, 5) is 22.4. The summed E-state index contributed by atoms with van der Waals surface area (Å²) in [6.07, 6.45) is 0. The Kier molecular flexibility index (Phi) is 4.97. The minimum atomic E-state index is -0.865. The molecule has 138 valence electrons. The molecule has 3 N–H and O–H groups in total. The summed E-state index contributed by atoms with van der Waals surface area (Å²) in [5, 5.41) is 21.2. The first kappa shape index (κ1) is 17.9. The topological polar surface area (TPSA) is 146 Å². The fourth-order valence-electron chi connectivity index (χ4n) is 2.49. The van der Waals surface area contributed by atoms with Crippen molar-refractivity contribution < 1.29 is 19.2 Å². The van der Waals surface area contributed by atoms with Gasteiger partial charge in [0.05, 0.1) is 23.7 Å². The number of ether oxygens (including phenoxy) is 2. The fourth-order valence-corrected chi connectivity index (χ4v) is 2.49. The van der Waals surface area contributed by atoms with E-state index >= 15 is 0 Å². The molecule has 0 aliphatic rings. The molecule has 0 aliphatic heterocycles. The molecule has 0 atom stereocenters. The quantitative estimate of drug-likeness (QED) is 0.478. The van der Waals surface area contributed by atoms with Crippen LogP contribution in [0, 0.1) is 10.1 Å². The van der Waals surface area contributed by atoms with Gasteiger partial charge >= 0.3 is 0 Å². The number of methoxy groups -OCH3 is 1. The molecule has 0 bridgehead atoms. The van der Waals surface area contributed by atoms with Gasteiger partial charge in [0.2, 0.25) is 0 Å². The number of rotatable bonds is 7. The third-order valence-electron chi connectivity index (χ3n) is 3.75. The van der Waals surface area contributed by atoms with Crippen molar-refractivity contribution in [2.24, 2.45) is 5.73 Å². The normalized spacial score (nSPS) is 10.4. The molecular formula is C17H15N5O5. The van der Waals surface area contributed by atoms with Crippen molar-refractivity contribution in [3.63, 3.8) is 0 Å². The first-order valence-electron chi connectivity index (χ1n) is 7.75. The molecule has 0 saturated heterocycles. The van der Waals surface area contributed by atoms with Crippen LogP contribution in [0.5, 0.6) is 11.5 Å². The monoisotopic (exact) mass is 369 g/mol. The number of nitrogens with zero attached hydrogens (tertiary/aromatic N) is 3. The maximum Gasteiger partial charge on any atom is 0.282 e. The van der Waals surface area contributed by atoms with Crippen LogP contribution in [0.25, 0.3) is 11.3 Å². The minimum absolute atomic E-state index is 0.0337. The lowest BCUT2D eigenvalue weighted by atomic mass is 10.1. The Labute approximate surface area is 153 Å². The second kappa shape index (κ2) is 7.52. The zero-order valence-corrected chi connectivity index (χ0v) is 14.2. The second-order valence-electron chi connectivity index (χ2n) is 5.44. The summed E-state index contributed by atoms with van der Waals surface area (Å²) in [6, 6.07) is 11.9. The van der Waals surface area contributed by atoms with Gasteiger partial charge in [-0.1, -0.05) is 30.3 Å². The second-order valence-corrected chi connectivity index (χ2v) is 5.44. The summed E-state index contributed by atoms with van der Waals surface area (Å²) in [7, 11) is 1.37. The smallest absolute Gasteiger partial charge is 0.282 e. The predicted molar refractivity (Wildman–Crippen MR) is 94.3 cm³/mol. The summed E-state index contributed by atoms with van der Waals surface area (Å²) < 4.78 is 11.0. The van der Waals surface area contributed by atoms with Crippen molar-refractivity contribution in [3.8, 4) is 22.8 Å². The Morgan fingerprint density at radius 3 is 2.59 bits per heavy atom. The van der Waals surface area contributed by atoms with E-state index in [2.05, 4.69) is 15.4 Å². The zero-order valence-electron chi connectivity index (χ0n) is 14.2. The van der Waals surface area contributed by atoms with E-state index in [1.807, 2.05) is 30.3 Å². The number of nitrogens with two attached hydrogens (primary N) is 1. The van der Waals surface area contributed by atoms with E-state index in [-0.39, 0.29) is 40.7 Å². The van der Waals surface area contributed by atoms with Gasteiger partial charge in [-0.2, -0.15) is 15.4 Å². The lowest BCUT2D eigenvalue weighted by Gasteiger charge is -2.12. The number of nitro groups is 1. The number of carbonyl (C=O) groups is 1. The Bertz CT molecular complexity index is 987. The van der Waals surface area contributed by atoms with Crippen molar-refractivity contribution >= 4 is 11.6 Å². The molecule has 0 radical (unpaired) electrons. The van der Waals surface area contributed by atoms with E-state index in [0.29, 0.717) is 0 Å². The molecule has 0 fully saturated rings. The van der Waals surface area contributed by atoms with Crippen LogP contribution in [-0.2, 0) is 6.61 Å². The SMILES string of the molecule is COc1cc([N+](=O)[O-])c(-c2n[nH]nc2C(N)=O)cc1OCc1ccccc1. The Balaban J connectivity index is 2.07. The number of nitrogens with one attached hydrogen (secondary N) is 1. The van der Waals surface area contributed by atoms with Crippen molar-refractivity contribution in [1.29, 1.82) is 0 Å². The number of carbonyl (C=O) groups excluding carboxylic acids is 1. The molecule has 1 aromatic heterocycles. The van der Waals surface area contributed by atoms with E-state index in [4.69, 9.17) is 15.2 Å². The molecule has 0 saturated carbocycles. The molecule has 10 heteroatoms. The highest BCUT2D eigenvalue weighted by atomic mass is 16.6. The Morgan fingerprint density at radius 2 is 1.96 bits per heavy atom. The summed E-state index contributed by atoms with van der Waals surface area (Å²) in [5.41, 5.74) is 5.62. The number of hydrogen-bond donors (Lipinski definition) is 2. The van der Waals surface area contributed by atoms with Crippen molar-refractivity contribution in [1.82, 2.24) is 15.4 Å². The van der Waals surface area contributed by atoms with Crippen LogP contribution in [-0.4, -0.2) is 33.4 Å². The van der Waals surface area contributed by atoms with Crippen LogP contribution < -0.4 is 15.2 Å². The summed E-state index contributed by atoms with van der Waals surface area (Å²) in [6.45, 7) is 0.218. The molecule has 27 heavy (non-hydrogen) atoms. The third kappa shape index (κ3) is 3.68. The minimum Gasteiger partial charge on any atom is -0.493 e. The largest absolute Gasteiger partial charge is 0.493 e. The van der Waals surface area contributed by atoms with Gasteiger partial charge in [-0.05, 0) is 5.56 Å². The Hall–Kier alpha value is -3.95. The number of hydrogen-bond acceptors (Lipinski definition) is 7. The van der Waals surface area contributed by atoms with Crippen molar-refractivity contribution in [3.05, 3.63) is 63.8 Å². The van der Waals surface area contributed by atoms with Crippen LogP contribution in [0.15, 0.2) is 42.5 Å². The van der Waals surface area contributed by atoms with Gasteiger partial charge in [0.15, 0.2) is 17.2 Å². The van der Waals surface area contributed by atoms with Crippen LogP contribution in [0.3, 0.4) is 0 Å². The maximum atomic E-state index is 11.5. The molecule has 0 aliphatic carbocycles. The van der Waals surface area contributed by atoms with E-state index in [9.17, 15) is 14.9 Å². The number of H-pyrrole nitrogens is 1. The number of amides is 1. The van der Waals surface area contributed by atoms with Crippen LogP contribution >= 0.6 is 0 Å². The zero-order chi connectivity index (χ0) is 19.4. The van der Waals surface area contributed by atoms with E-state index in [1.54, 1.807) is 0 Å². The highest BCUT2D eigenvalue weighted by Gasteiger charge is 2.26. The summed E-state index contributed by atoms with van der Waals surface area (Å²) >= 11 is 0. The van der Waals surface area contributed by atoms with E-state index in [0.717, 1.165) is 5.56 Å². The average molecular weight is 369 g/mol. The van der Waals surface area contributed by atoms with Gasteiger partial charge in [-0.3, -0.25) is 14.9 Å². The van der Waals surface area contributed by atoms with Gasteiger partial charge in [0.25, 0.3) is 11.6 Å². The molecule has 1 heterocycles. The lowest BCUT2D eigenvalue weighted by molar-refractivity contribution is -0.384. The highest BCUT2D eigenvalue weighted by Crippen LogP contribution is 2.40. The molecule has 3 rings (SSSR count). The third-order valence-corrected chi connectivity index (χ3v) is 3.75. The number of nitro benzene ring substituents is 1. The molecule has 0 unspecified atom stereocenters. The molecular weight excluding hydrogens is 354 g/mol. The summed E-state index contributed by atoms with van der Waals surface area (Å²) in [5.74, 6) is -0.443. The van der Waals surface area contributed by atoms with Crippen LogP contribution in [0.2, 0.25) is 0 Å². The predicted octanol–water partition coefficient (Wildman–Crippen LogP) is 2.07. The van der Waals surface area contributed by atoms with E-state index < -0.39 is 10.8 Å². The van der Waals surface area contributed by atoms with Gasteiger partial charge < -0.3 is 15.2 Å². The highest BCUT2D eigenvalue weighted by molar-refractivity contribution is 5.98. The average Bonchev–Trinajstić information content (AvgIpc) is 3.16. The van der Waals surface area contributed by atoms with Crippen molar-refractivity contribution in [2.45, 2.75) is 6.61 Å². The van der Waals surface area contributed by atoms with Gasteiger partial charge in [-0.25, -0.2) is 0 Å². The molecule has 10 nitrogen and oxygen atoms in total. The van der Waals surface area contributed by atoms with Crippen molar-refractivity contribution in [2.75, 3.05) is 7.11 Å². The molecule has 2 aromatic carbocycles. The maximum absolute atomic E-state index is 11.5. The van der Waals surface area contributed by atoms with Gasteiger partial charge in [-0.15, -0.1) is 0 Å². The van der Waals surface area contributed by atoms with Gasteiger partial charge in [0.1, 0.15) is 12.3 Å². The lowest BCUT2D eigenvalue weighted by Crippen LogP contribution is -2.13. The Morgan fingerprint density at radius 1 is 1.22 bits per heavy atom. The number of benzene rings is 2. The molecule has 3 aromatic rings. The van der Waals surface area contributed by atoms with E-state index in [1.165, 1.54) is 19.2 Å². The number of aromatic nitrogens is 3. The molecule has 1 amide bonds. The fraction of sp³-hybridized carbons (Fsp3) is 0.118. The number of aromatic amines is 1. The standard InChI is InChI=1S/C17H15N5O5/c1-26-13-8-12(22(24)25)11(15-16(17(18)23)20-21-19-15)7-14(13)27-9-10-5-3-2-4-6-10/h2-8H,9H2,1H3,(H2,18,23)(H,19,20,21). The van der Waals surface area contributed by atoms with Crippen LogP contribution in [0.4, 0.5) is 5.69 Å². The van der Waals surface area contributed by atoms with Gasteiger partial charge in [0, 0.05) is 6.07 Å². The first-order valence-corrected chi connectivity index (χ1v) is 7.75. The first-order chi connectivity index (χ1) is 13.0.